The first-order valence-electron chi connectivity index (χ1n) is 5.56. The number of aliphatic carboxylic acids is 1. The smallest absolute Gasteiger partial charge is 0.327 e. The maximum Gasteiger partial charge on any atom is 0.327 e. The van der Waals surface area contributed by atoms with E-state index in [-0.39, 0.29) is 0 Å². The molecule has 0 saturated carbocycles. The largest absolute Gasteiger partial charge is 0.478 e. The van der Waals surface area contributed by atoms with Crippen LogP contribution in [-0.4, -0.2) is 20.6 Å². The van der Waals surface area contributed by atoms with Gasteiger partial charge in [0, 0.05) is 19.0 Å². The van der Waals surface area contributed by atoms with Crippen molar-refractivity contribution in [2.45, 2.75) is 19.9 Å². The number of carboxylic acids is 1. The molecule has 0 aliphatic heterocycles. The number of carboxylic acid groups (broad SMARTS) is 1. The lowest BCUT2D eigenvalue weighted by Gasteiger charge is -2.03. The van der Waals surface area contributed by atoms with Crippen LogP contribution in [-0.2, 0) is 17.8 Å². The number of hydrogen-bond acceptors (Lipinski definition) is 2. The highest BCUT2D eigenvalue weighted by Crippen LogP contribution is 2.16. The Labute approximate surface area is 99.2 Å². The van der Waals surface area contributed by atoms with Crippen LogP contribution in [0.5, 0.6) is 0 Å². The molecular weight excluding hydrogens is 216 g/mol. The van der Waals surface area contributed by atoms with Crippen LogP contribution < -0.4 is 0 Å². The van der Waals surface area contributed by atoms with Gasteiger partial charge < -0.3 is 9.67 Å². The van der Waals surface area contributed by atoms with E-state index in [0.717, 1.165) is 29.5 Å². The van der Waals surface area contributed by atoms with E-state index in [1.54, 1.807) is 6.08 Å². The molecule has 4 nitrogen and oxygen atoms in total. The number of hydrogen-bond donors (Lipinski definition) is 1. The molecule has 1 heterocycles. The molecule has 0 saturated heterocycles. The molecule has 0 atom stereocenters. The van der Waals surface area contributed by atoms with Crippen molar-refractivity contribution in [2.75, 3.05) is 0 Å². The zero-order valence-electron chi connectivity index (χ0n) is 9.63. The van der Waals surface area contributed by atoms with Crippen molar-refractivity contribution in [1.29, 1.82) is 0 Å². The monoisotopic (exact) mass is 230 g/mol. The summed E-state index contributed by atoms with van der Waals surface area (Å²) >= 11 is 0. The molecule has 88 valence electrons. The van der Waals surface area contributed by atoms with Gasteiger partial charge in [0.05, 0.1) is 11.0 Å². The Kier molecular flexibility index (Phi) is 3.23. The summed E-state index contributed by atoms with van der Waals surface area (Å²) in [5.74, 6) is -0.0321. The fourth-order valence-electron chi connectivity index (χ4n) is 1.90. The number of aryl methyl sites for hydroxylation is 1. The second-order valence-electron chi connectivity index (χ2n) is 3.71. The molecule has 0 spiro atoms. The van der Waals surface area contributed by atoms with Gasteiger partial charge in [-0.15, -0.1) is 0 Å². The molecule has 1 aromatic heterocycles. The third-order valence-corrected chi connectivity index (χ3v) is 2.61. The molecular formula is C13H14N2O2. The number of benzene rings is 1. The van der Waals surface area contributed by atoms with Crippen LogP contribution >= 0.6 is 0 Å². The lowest BCUT2D eigenvalue weighted by molar-refractivity contribution is -0.131. The van der Waals surface area contributed by atoms with Crippen LogP contribution in [0.3, 0.4) is 0 Å². The average molecular weight is 230 g/mol. The summed E-state index contributed by atoms with van der Waals surface area (Å²) in [4.78, 5) is 14.9. The average Bonchev–Trinajstić information content (AvgIpc) is 2.66. The number of allylic oxidation sites excluding steroid dienone is 1. The van der Waals surface area contributed by atoms with Gasteiger partial charge in [-0.2, -0.15) is 0 Å². The van der Waals surface area contributed by atoms with Gasteiger partial charge in [-0.3, -0.25) is 0 Å². The van der Waals surface area contributed by atoms with E-state index in [9.17, 15) is 4.79 Å². The van der Waals surface area contributed by atoms with E-state index >= 15 is 0 Å². The van der Waals surface area contributed by atoms with E-state index in [1.165, 1.54) is 0 Å². The minimum absolute atomic E-state index is 0.537. The Hall–Kier alpha value is -2.10. The Morgan fingerprint density at radius 2 is 2.24 bits per heavy atom. The normalized spacial score (nSPS) is 11.4. The summed E-state index contributed by atoms with van der Waals surface area (Å²) in [5.41, 5.74) is 2.04. The molecule has 0 unspecified atom stereocenters. The van der Waals surface area contributed by atoms with Crippen molar-refractivity contribution in [3.63, 3.8) is 0 Å². The highest BCUT2D eigenvalue weighted by Gasteiger charge is 2.06. The van der Waals surface area contributed by atoms with Crippen molar-refractivity contribution in [3.8, 4) is 0 Å². The summed E-state index contributed by atoms with van der Waals surface area (Å²) < 4.78 is 2.10. The summed E-state index contributed by atoms with van der Waals surface area (Å²) in [6.07, 6.45) is 3.31. The minimum Gasteiger partial charge on any atom is -0.478 e. The van der Waals surface area contributed by atoms with Gasteiger partial charge in [0.2, 0.25) is 0 Å². The number of nitrogens with zero attached hydrogens (tertiary/aromatic N) is 2. The lowest BCUT2D eigenvalue weighted by Crippen LogP contribution is -2.00. The van der Waals surface area contributed by atoms with Crippen molar-refractivity contribution >= 4 is 17.0 Å². The molecule has 0 fully saturated rings. The summed E-state index contributed by atoms with van der Waals surface area (Å²) in [5, 5.41) is 8.54. The minimum atomic E-state index is -0.927. The molecule has 1 aromatic carbocycles. The highest BCUT2D eigenvalue weighted by molar-refractivity contribution is 5.79. The van der Waals surface area contributed by atoms with Gasteiger partial charge in [-0.25, -0.2) is 9.78 Å². The first-order valence-corrected chi connectivity index (χ1v) is 5.56. The molecule has 1 N–H and O–H groups in total. The number of rotatable bonds is 4. The molecule has 0 amide bonds. The number of aromatic nitrogens is 2. The Morgan fingerprint density at radius 1 is 1.47 bits per heavy atom. The van der Waals surface area contributed by atoms with E-state index in [2.05, 4.69) is 16.5 Å². The lowest BCUT2D eigenvalue weighted by atomic mass is 10.3. The highest BCUT2D eigenvalue weighted by atomic mass is 16.4. The molecule has 17 heavy (non-hydrogen) atoms. The molecule has 0 aliphatic rings. The first kappa shape index (κ1) is 11.4. The van der Waals surface area contributed by atoms with Gasteiger partial charge in [-0.1, -0.05) is 18.2 Å². The molecule has 2 aromatic rings. The number of para-hydroxylation sites is 2. The fraction of sp³-hybridized carbons (Fsp3) is 0.231. The molecule has 0 aliphatic carbocycles. The van der Waals surface area contributed by atoms with Crippen LogP contribution in [0, 0.1) is 0 Å². The second-order valence-corrected chi connectivity index (χ2v) is 3.71. The zero-order valence-corrected chi connectivity index (χ0v) is 9.63. The first-order chi connectivity index (χ1) is 8.22. The Bertz CT molecular complexity index is 570. The van der Waals surface area contributed by atoms with E-state index < -0.39 is 5.97 Å². The Morgan fingerprint density at radius 3 is 2.94 bits per heavy atom. The third-order valence-electron chi connectivity index (χ3n) is 2.61. The quantitative estimate of drug-likeness (QED) is 0.819. The Balaban J connectivity index is 2.36. The van der Waals surface area contributed by atoms with Gasteiger partial charge in [-0.05, 0) is 19.1 Å². The summed E-state index contributed by atoms with van der Waals surface area (Å²) in [6, 6.07) is 7.92. The predicted octanol–water partition coefficient (Wildman–Crippen LogP) is 2.24. The van der Waals surface area contributed by atoms with Gasteiger partial charge in [0.1, 0.15) is 5.82 Å². The van der Waals surface area contributed by atoms with Crippen LogP contribution in [0.2, 0.25) is 0 Å². The van der Waals surface area contributed by atoms with Crippen molar-refractivity contribution in [3.05, 3.63) is 42.2 Å². The SMILES string of the molecule is CCn1c(CC=CC(=O)O)nc2ccccc21. The van der Waals surface area contributed by atoms with Crippen molar-refractivity contribution < 1.29 is 9.90 Å². The fourth-order valence-corrected chi connectivity index (χ4v) is 1.90. The van der Waals surface area contributed by atoms with Gasteiger partial charge in [0.15, 0.2) is 0 Å². The topological polar surface area (TPSA) is 55.1 Å². The van der Waals surface area contributed by atoms with Crippen LogP contribution in [0.15, 0.2) is 36.4 Å². The summed E-state index contributed by atoms with van der Waals surface area (Å²) in [7, 11) is 0. The molecule has 2 rings (SSSR count). The van der Waals surface area contributed by atoms with Crippen molar-refractivity contribution in [1.82, 2.24) is 9.55 Å². The van der Waals surface area contributed by atoms with Crippen LogP contribution in [0.1, 0.15) is 12.7 Å². The third kappa shape index (κ3) is 2.36. The van der Waals surface area contributed by atoms with E-state index in [4.69, 9.17) is 5.11 Å². The zero-order chi connectivity index (χ0) is 12.3. The van der Waals surface area contributed by atoms with E-state index in [0.29, 0.717) is 6.42 Å². The maximum absolute atomic E-state index is 10.4. The predicted molar refractivity (Wildman–Crippen MR) is 65.9 cm³/mol. The molecule has 0 radical (unpaired) electrons. The second kappa shape index (κ2) is 4.82. The number of carbonyl (C=O) groups is 1. The molecule has 0 bridgehead atoms. The number of imidazole rings is 1. The molecule has 4 heteroatoms. The maximum atomic E-state index is 10.4. The van der Waals surface area contributed by atoms with Gasteiger partial charge in [0.25, 0.3) is 0 Å². The van der Waals surface area contributed by atoms with Crippen molar-refractivity contribution in [2.24, 2.45) is 0 Å². The van der Waals surface area contributed by atoms with Crippen LogP contribution in [0.25, 0.3) is 11.0 Å². The number of fused-ring (bicyclic) bond motifs is 1. The summed E-state index contributed by atoms with van der Waals surface area (Å²) in [6.45, 7) is 2.88. The standard InChI is InChI=1S/C13H14N2O2/c1-2-15-11-7-4-3-6-10(11)14-12(15)8-5-9-13(16)17/h3-7,9H,2,8H2,1H3,(H,16,17). The van der Waals surface area contributed by atoms with Gasteiger partial charge >= 0.3 is 5.97 Å². The van der Waals surface area contributed by atoms with Crippen LogP contribution in [0.4, 0.5) is 0 Å². The van der Waals surface area contributed by atoms with E-state index in [1.807, 2.05) is 24.3 Å².